The van der Waals surface area contributed by atoms with Crippen molar-refractivity contribution in [3.63, 3.8) is 0 Å². The van der Waals surface area contributed by atoms with Gasteiger partial charge >= 0.3 is 0 Å². The molecule has 1 heterocycles. The lowest BCUT2D eigenvalue weighted by molar-refractivity contribution is -0.116. The number of carbonyl (C=O) groups excluding carboxylic acids is 1. The molecule has 1 aliphatic rings. The van der Waals surface area contributed by atoms with Crippen LogP contribution in [0.5, 0.6) is 0 Å². The second-order valence-electron chi connectivity index (χ2n) is 6.93. The van der Waals surface area contributed by atoms with Gasteiger partial charge in [-0.2, -0.15) is 0 Å². The van der Waals surface area contributed by atoms with E-state index in [9.17, 15) is 4.79 Å². The van der Waals surface area contributed by atoms with E-state index >= 15 is 0 Å². The van der Waals surface area contributed by atoms with Gasteiger partial charge in [0.1, 0.15) is 0 Å². The number of nitrogens with one attached hydrogen (secondary N) is 1. The number of benzene rings is 2. The fourth-order valence-corrected chi connectivity index (χ4v) is 3.39. The number of hydrogen-bond acceptors (Lipinski definition) is 3. The van der Waals surface area contributed by atoms with Gasteiger partial charge in [0.15, 0.2) is 0 Å². The maximum atomic E-state index is 12.2. The third-order valence-corrected chi connectivity index (χ3v) is 5.26. The van der Waals surface area contributed by atoms with Crippen molar-refractivity contribution >= 4 is 28.9 Å². The van der Waals surface area contributed by atoms with Crippen molar-refractivity contribution in [3.05, 3.63) is 58.6 Å². The zero-order valence-electron chi connectivity index (χ0n) is 15.5. The molecule has 1 saturated heterocycles. The number of nitrogens with zero attached hydrogens (tertiary/aromatic N) is 2. The molecule has 3 rings (SSSR count). The maximum absolute atomic E-state index is 12.2. The van der Waals surface area contributed by atoms with Crippen LogP contribution in [0.25, 0.3) is 0 Å². The molecule has 26 heavy (non-hydrogen) atoms. The van der Waals surface area contributed by atoms with Crippen LogP contribution in [0.3, 0.4) is 0 Å². The van der Waals surface area contributed by atoms with Gasteiger partial charge in [-0.05, 0) is 49.2 Å². The summed E-state index contributed by atoms with van der Waals surface area (Å²) in [5.41, 5.74) is 4.35. The molecule has 2 aromatic rings. The van der Waals surface area contributed by atoms with Gasteiger partial charge in [0.05, 0.1) is 0 Å². The molecule has 0 radical (unpaired) electrons. The summed E-state index contributed by atoms with van der Waals surface area (Å²) in [4.78, 5) is 17.0. The molecule has 4 nitrogen and oxygen atoms in total. The average Bonchev–Trinajstić information content (AvgIpc) is 2.63. The fraction of sp³-hybridized carbons (Fsp3) is 0.381. The minimum absolute atomic E-state index is 0.0334. The number of halogens is 1. The highest BCUT2D eigenvalue weighted by Crippen LogP contribution is 2.20. The van der Waals surface area contributed by atoms with Crippen LogP contribution in [0.2, 0.25) is 5.02 Å². The molecule has 1 N–H and O–H groups in total. The van der Waals surface area contributed by atoms with Gasteiger partial charge in [-0.15, -0.1) is 0 Å². The molecule has 0 atom stereocenters. The molecular formula is C21H26ClN3O. The lowest BCUT2D eigenvalue weighted by Gasteiger charge is -2.36. The fourth-order valence-electron chi connectivity index (χ4n) is 3.21. The first-order chi connectivity index (χ1) is 12.5. The van der Waals surface area contributed by atoms with Crippen LogP contribution in [0, 0.1) is 13.8 Å². The molecule has 0 bridgehead atoms. The summed E-state index contributed by atoms with van der Waals surface area (Å²) in [5, 5.41) is 3.61. The SMILES string of the molecule is Cc1cccc(N2CCN(CCC(=O)Nc3ccc(C)c(Cl)c3)CC2)c1. The molecule has 0 aromatic heterocycles. The molecule has 0 spiro atoms. The van der Waals surface area contributed by atoms with Crippen LogP contribution in [-0.2, 0) is 4.79 Å². The number of piperazine rings is 1. The normalized spacial score (nSPS) is 15.1. The van der Waals surface area contributed by atoms with Crippen molar-refractivity contribution < 1.29 is 4.79 Å². The quantitative estimate of drug-likeness (QED) is 0.859. The molecule has 1 fully saturated rings. The smallest absolute Gasteiger partial charge is 0.225 e. The highest BCUT2D eigenvalue weighted by molar-refractivity contribution is 6.31. The van der Waals surface area contributed by atoms with E-state index < -0.39 is 0 Å². The van der Waals surface area contributed by atoms with Gasteiger partial charge in [-0.3, -0.25) is 9.69 Å². The van der Waals surface area contributed by atoms with Gasteiger partial charge < -0.3 is 10.2 Å². The van der Waals surface area contributed by atoms with Gasteiger partial charge in [-0.25, -0.2) is 0 Å². The van der Waals surface area contributed by atoms with Crippen LogP contribution < -0.4 is 10.2 Å². The van der Waals surface area contributed by atoms with Crippen LogP contribution >= 0.6 is 11.6 Å². The minimum Gasteiger partial charge on any atom is -0.369 e. The highest BCUT2D eigenvalue weighted by atomic mass is 35.5. The first-order valence-corrected chi connectivity index (χ1v) is 9.49. The topological polar surface area (TPSA) is 35.6 Å². The van der Waals surface area contributed by atoms with Gasteiger partial charge in [0.2, 0.25) is 5.91 Å². The zero-order chi connectivity index (χ0) is 18.5. The van der Waals surface area contributed by atoms with E-state index in [4.69, 9.17) is 11.6 Å². The predicted octanol–water partition coefficient (Wildman–Crippen LogP) is 4.11. The molecule has 1 amide bonds. The van der Waals surface area contributed by atoms with Crippen molar-refractivity contribution in [3.8, 4) is 0 Å². The summed E-state index contributed by atoms with van der Waals surface area (Å²) in [7, 11) is 0. The summed E-state index contributed by atoms with van der Waals surface area (Å²) < 4.78 is 0. The Bertz CT molecular complexity index is 770. The summed E-state index contributed by atoms with van der Waals surface area (Å²) in [6.07, 6.45) is 0.496. The Labute approximate surface area is 160 Å². The van der Waals surface area contributed by atoms with Crippen molar-refractivity contribution in [2.24, 2.45) is 0 Å². The summed E-state index contributed by atoms with van der Waals surface area (Å²) in [6, 6.07) is 14.2. The van der Waals surface area contributed by atoms with Gasteiger partial charge in [0, 0.05) is 55.5 Å². The summed E-state index contributed by atoms with van der Waals surface area (Å²) >= 11 is 6.11. The Balaban J connectivity index is 1.43. The van der Waals surface area contributed by atoms with E-state index in [2.05, 4.69) is 46.3 Å². The second kappa shape index (κ2) is 8.56. The first kappa shape index (κ1) is 18.7. The molecule has 2 aromatic carbocycles. The van der Waals surface area contributed by atoms with Crippen LogP contribution in [-0.4, -0.2) is 43.5 Å². The summed E-state index contributed by atoms with van der Waals surface area (Å²) in [6.45, 7) is 8.82. The molecule has 138 valence electrons. The predicted molar refractivity (Wildman–Crippen MR) is 109 cm³/mol. The van der Waals surface area contributed by atoms with E-state index in [0.717, 1.165) is 44.0 Å². The number of amides is 1. The minimum atomic E-state index is 0.0334. The Morgan fingerprint density at radius 2 is 1.85 bits per heavy atom. The van der Waals surface area contributed by atoms with Gasteiger partial charge in [-0.1, -0.05) is 29.8 Å². The molecule has 0 aliphatic carbocycles. The zero-order valence-corrected chi connectivity index (χ0v) is 16.2. The van der Waals surface area contributed by atoms with Crippen molar-refractivity contribution in [2.75, 3.05) is 42.9 Å². The standard InChI is InChI=1S/C21H26ClN3O/c1-16-4-3-5-19(14-16)25-12-10-24(11-13-25)9-8-21(26)23-18-7-6-17(2)20(22)15-18/h3-7,14-15H,8-13H2,1-2H3,(H,23,26). The Hall–Kier alpha value is -2.04. The third kappa shape index (κ3) is 4.99. The number of hydrogen-bond donors (Lipinski definition) is 1. The van der Waals surface area contributed by atoms with Gasteiger partial charge in [0.25, 0.3) is 0 Å². The highest BCUT2D eigenvalue weighted by Gasteiger charge is 2.18. The summed E-state index contributed by atoms with van der Waals surface area (Å²) in [5.74, 6) is 0.0334. The van der Waals surface area contributed by atoms with Crippen molar-refractivity contribution in [1.82, 2.24) is 4.90 Å². The van der Waals surface area contributed by atoms with E-state index in [1.165, 1.54) is 11.3 Å². The molecule has 5 heteroatoms. The lowest BCUT2D eigenvalue weighted by Crippen LogP contribution is -2.47. The Kier molecular flexibility index (Phi) is 6.17. The van der Waals surface area contributed by atoms with E-state index in [1.807, 2.05) is 19.1 Å². The third-order valence-electron chi connectivity index (χ3n) is 4.85. The number of aryl methyl sites for hydroxylation is 2. The first-order valence-electron chi connectivity index (χ1n) is 9.11. The van der Waals surface area contributed by atoms with E-state index in [0.29, 0.717) is 11.4 Å². The molecule has 0 unspecified atom stereocenters. The number of rotatable bonds is 5. The second-order valence-corrected chi connectivity index (χ2v) is 7.34. The largest absolute Gasteiger partial charge is 0.369 e. The maximum Gasteiger partial charge on any atom is 0.225 e. The lowest BCUT2D eigenvalue weighted by atomic mass is 10.2. The average molecular weight is 372 g/mol. The van der Waals surface area contributed by atoms with E-state index in [1.54, 1.807) is 6.07 Å². The molecule has 0 saturated carbocycles. The van der Waals surface area contributed by atoms with Crippen molar-refractivity contribution in [1.29, 1.82) is 0 Å². The van der Waals surface area contributed by atoms with Crippen LogP contribution in [0.15, 0.2) is 42.5 Å². The molecular weight excluding hydrogens is 346 g/mol. The molecule has 1 aliphatic heterocycles. The Morgan fingerprint density at radius 1 is 1.08 bits per heavy atom. The van der Waals surface area contributed by atoms with Crippen molar-refractivity contribution in [2.45, 2.75) is 20.3 Å². The van der Waals surface area contributed by atoms with E-state index in [-0.39, 0.29) is 5.91 Å². The van der Waals surface area contributed by atoms with Crippen LogP contribution in [0.1, 0.15) is 17.5 Å². The van der Waals surface area contributed by atoms with Crippen LogP contribution in [0.4, 0.5) is 11.4 Å². The Morgan fingerprint density at radius 3 is 2.54 bits per heavy atom. The number of carbonyl (C=O) groups is 1. The monoisotopic (exact) mass is 371 g/mol. The number of anilines is 2.